The van der Waals surface area contributed by atoms with E-state index in [0.29, 0.717) is 28.8 Å². The molecule has 3 N–H and O–H groups in total. The number of aromatic amines is 1. The summed E-state index contributed by atoms with van der Waals surface area (Å²) >= 11 is 5.85. The second-order valence-electron chi connectivity index (χ2n) is 4.66. The van der Waals surface area contributed by atoms with Gasteiger partial charge in [0.25, 0.3) is 0 Å². The maximum Gasteiger partial charge on any atom is 0.181 e. The molecule has 0 unspecified atom stereocenters. The number of benzene rings is 1. The van der Waals surface area contributed by atoms with E-state index in [1.807, 2.05) is 24.3 Å². The number of nitrogens with one attached hydrogen (secondary N) is 2. The van der Waals surface area contributed by atoms with Crippen molar-refractivity contribution in [2.24, 2.45) is 0 Å². The van der Waals surface area contributed by atoms with Crippen LogP contribution in [0.1, 0.15) is 11.4 Å². The highest BCUT2D eigenvalue weighted by molar-refractivity contribution is 6.30. The summed E-state index contributed by atoms with van der Waals surface area (Å²) in [5.74, 6) is 1.24. The van der Waals surface area contributed by atoms with Crippen molar-refractivity contribution in [2.45, 2.75) is 13.2 Å². The predicted molar refractivity (Wildman–Crippen MR) is 84.3 cm³/mol. The van der Waals surface area contributed by atoms with Crippen molar-refractivity contribution in [3.63, 3.8) is 0 Å². The van der Waals surface area contributed by atoms with E-state index in [1.54, 1.807) is 18.5 Å². The molecule has 1 aromatic carbocycles. The molecule has 22 heavy (non-hydrogen) atoms. The van der Waals surface area contributed by atoms with E-state index in [1.165, 1.54) is 0 Å². The molecule has 0 aliphatic rings. The molecule has 3 rings (SSSR count). The maximum absolute atomic E-state index is 9.33. The first-order valence-electron chi connectivity index (χ1n) is 6.71. The first kappa shape index (κ1) is 14.5. The fraction of sp³-hybridized carbons (Fsp3) is 0.133. The molecule has 0 amide bonds. The maximum atomic E-state index is 9.33. The summed E-state index contributed by atoms with van der Waals surface area (Å²) in [5, 5.41) is 20.3. The van der Waals surface area contributed by atoms with Crippen molar-refractivity contribution in [3.05, 3.63) is 59.1 Å². The SMILES string of the molecule is OCc1cnccc1-c1n[nH]c(CNc2ccc(Cl)cc2)n1. The van der Waals surface area contributed by atoms with Gasteiger partial charge in [0.05, 0.1) is 13.2 Å². The van der Waals surface area contributed by atoms with E-state index >= 15 is 0 Å². The van der Waals surface area contributed by atoms with E-state index < -0.39 is 0 Å². The number of nitrogens with zero attached hydrogens (tertiary/aromatic N) is 3. The molecule has 0 saturated heterocycles. The molecule has 0 atom stereocenters. The van der Waals surface area contributed by atoms with Crippen LogP contribution in [0.25, 0.3) is 11.4 Å². The molecule has 0 radical (unpaired) electrons. The van der Waals surface area contributed by atoms with Gasteiger partial charge in [0.15, 0.2) is 5.82 Å². The van der Waals surface area contributed by atoms with Gasteiger partial charge in [-0.3, -0.25) is 10.1 Å². The summed E-state index contributed by atoms with van der Waals surface area (Å²) in [6, 6.07) is 9.21. The predicted octanol–water partition coefficient (Wildman–Crippen LogP) is 2.62. The Morgan fingerprint density at radius 3 is 2.77 bits per heavy atom. The Labute approximate surface area is 132 Å². The highest BCUT2D eigenvalue weighted by Gasteiger charge is 2.10. The monoisotopic (exact) mass is 315 g/mol. The zero-order valence-corrected chi connectivity index (χ0v) is 12.4. The van der Waals surface area contributed by atoms with Gasteiger partial charge < -0.3 is 10.4 Å². The average molecular weight is 316 g/mol. The van der Waals surface area contributed by atoms with E-state index in [0.717, 1.165) is 11.3 Å². The summed E-state index contributed by atoms with van der Waals surface area (Å²) in [5.41, 5.74) is 2.41. The van der Waals surface area contributed by atoms with Gasteiger partial charge in [-0.05, 0) is 30.3 Å². The number of pyridine rings is 1. The number of H-pyrrole nitrogens is 1. The Balaban J connectivity index is 1.72. The van der Waals surface area contributed by atoms with E-state index in [4.69, 9.17) is 11.6 Å². The van der Waals surface area contributed by atoms with E-state index in [9.17, 15) is 5.11 Å². The van der Waals surface area contributed by atoms with E-state index in [-0.39, 0.29) is 6.61 Å². The Kier molecular flexibility index (Phi) is 4.32. The zero-order chi connectivity index (χ0) is 15.4. The number of hydrogen-bond donors (Lipinski definition) is 3. The summed E-state index contributed by atoms with van der Waals surface area (Å²) in [6.45, 7) is 0.407. The summed E-state index contributed by atoms with van der Waals surface area (Å²) in [7, 11) is 0. The van der Waals surface area contributed by atoms with Gasteiger partial charge in [-0.15, -0.1) is 0 Å². The largest absolute Gasteiger partial charge is 0.392 e. The molecule has 2 aromatic heterocycles. The third kappa shape index (κ3) is 3.24. The number of hydrogen-bond acceptors (Lipinski definition) is 5. The van der Waals surface area contributed by atoms with E-state index in [2.05, 4.69) is 25.5 Å². The molecule has 3 aromatic rings. The second-order valence-corrected chi connectivity index (χ2v) is 5.09. The first-order valence-corrected chi connectivity index (χ1v) is 7.09. The minimum atomic E-state index is -0.101. The Morgan fingerprint density at radius 1 is 1.18 bits per heavy atom. The first-order chi connectivity index (χ1) is 10.8. The van der Waals surface area contributed by atoms with Crippen LogP contribution in [0.5, 0.6) is 0 Å². The van der Waals surface area contributed by atoms with Gasteiger partial charge in [0.1, 0.15) is 5.82 Å². The van der Waals surface area contributed by atoms with Crippen molar-refractivity contribution in [2.75, 3.05) is 5.32 Å². The van der Waals surface area contributed by atoms with Crippen LogP contribution < -0.4 is 5.32 Å². The molecular weight excluding hydrogens is 302 g/mol. The van der Waals surface area contributed by atoms with Crippen molar-refractivity contribution in [3.8, 4) is 11.4 Å². The van der Waals surface area contributed by atoms with Crippen LogP contribution in [0.4, 0.5) is 5.69 Å². The van der Waals surface area contributed by atoms with Gasteiger partial charge >= 0.3 is 0 Å². The zero-order valence-electron chi connectivity index (χ0n) is 11.6. The molecule has 0 aliphatic carbocycles. The Hall–Kier alpha value is -2.44. The van der Waals surface area contributed by atoms with Crippen LogP contribution in [0.15, 0.2) is 42.7 Å². The lowest BCUT2D eigenvalue weighted by Crippen LogP contribution is -2.01. The number of aliphatic hydroxyl groups is 1. The summed E-state index contributed by atoms with van der Waals surface area (Å²) in [6.07, 6.45) is 3.26. The van der Waals surface area contributed by atoms with Crippen LogP contribution in [0.2, 0.25) is 5.02 Å². The second kappa shape index (κ2) is 6.55. The Bertz CT molecular complexity index is 757. The molecule has 0 bridgehead atoms. The third-order valence-corrected chi connectivity index (χ3v) is 3.40. The number of aromatic nitrogens is 4. The average Bonchev–Trinajstić information content (AvgIpc) is 3.03. The van der Waals surface area contributed by atoms with Crippen LogP contribution in [-0.2, 0) is 13.2 Å². The number of halogens is 1. The molecule has 7 heteroatoms. The standard InChI is InChI=1S/C15H14ClN5O/c16-11-1-3-12(4-2-11)18-8-14-19-15(21-20-14)13-5-6-17-7-10(13)9-22/h1-7,18,22H,8-9H2,(H,19,20,21). The van der Waals surface area contributed by atoms with Gasteiger partial charge in [0, 0.05) is 34.2 Å². The fourth-order valence-electron chi connectivity index (χ4n) is 2.02. The lowest BCUT2D eigenvalue weighted by atomic mass is 10.1. The molecule has 0 spiro atoms. The quantitative estimate of drug-likeness (QED) is 0.674. The number of anilines is 1. The highest BCUT2D eigenvalue weighted by Crippen LogP contribution is 2.19. The van der Waals surface area contributed by atoms with Crippen molar-refractivity contribution >= 4 is 17.3 Å². The summed E-state index contributed by atoms with van der Waals surface area (Å²) < 4.78 is 0. The lowest BCUT2D eigenvalue weighted by molar-refractivity contribution is 0.282. The van der Waals surface area contributed by atoms with Crippen molar-refractivity contribution < 1.29 is 5.11 Å². The Morgan fingerprint density at radius 2 is 2.00 bits per heavy atom. The molecular formula is C15H14ClN5O. The van der Waals surface area contributed by atoms with Crippen LogP contribution in [0.3, 0.4) is 0 Å². The topological polar surface area (TPSA) is 86.7 Å². The molecule has 0 saturated carbocycles. The molecule has 2 heterocycles. The molecule has 112 valence electrons. The normalized spacial score (nSPS) is 10.6. The third-order valence-electron chi connectivity index (χ3n) is 3.15. The van der Waals surface area contributed by atoms with Gasteiger partial charge in [0.2, 0.25) is 0 Å². The molecule has 0 aliphatic heterocycles. The van der Waals surface area contributed by atoms with Crippen LogP contribution in [0, 0.1) is 0 Å². The smallest absolute Gasteiger partial charge is 0.181 e. The minimum absolute atomic E-state index is 0.101. The van der Waals surface area contributed by atoms with Gasteiger partial charge in [-0.25, -0.2) is 4.98 Å². The van der Waals surface area contributed by atoms with Crippen LogP contribution in [-0.4, -0.2) is 25.3 Å². The molecule has 6 nitrogen and oxygen atoms in total. The van der Waals surface area contributed by atoms with Gasteiger partial charge in [-0.1, -0.05) is 11.6 Å². The van der Waals surface area contributed by atoms with Crippen molar-refractivity contribution in [1.29, 1.82) is 0 Å². The van der Waals surface area contributed by atoms with Crippen molar-refractivity contribution in [1.82, 2.24) is 20.2 Å². The van der Waals surface area contributed by atoms with Gasteiger partial charge in [-0.2, -0.15) is 5.10 Å². The van der Waals surface area contributed by atoms with Crippen LogP contribution >= 0.6 is 11.6 Å². The lowest BCUT2D eigenvalue weighted by Gasteiger charge is -2.03. The number of rotatable bonds is 5. The summed E-state index contributed by atoms with van der Waals surface area (Å²) in [4.78, 5) is 8.41. The molecule has 0 fully saturated rings. The minimum Gasteiger partial charge on any atom is -0.392 e. The highest BCUT2D eigenvalue weighted by atomic mass is 35.5. The fourth-order valence-corrected chi connectivity index (χ4v) is 2.15. The number of aliphatic hydroxyl groups excluding tert-OH is 1.